The largest absolute Gasteiger partial charge is 0.304 e. The molecule has 3 heteroatoms. The van der Waals surface area contributed by atoms with Gasteiger partial charge in [-0.1, -0.05) is 6.92 Å². The minimum absolute atomic E-state index is 0.691. The maximum Gasteiger partial charge on any atom is 0.0587 e. The van der Waals surface area contributed by atoms with Gasteiger partial charge in [0.2, 0.25) is 0 Å². The highest BCUT2D eigenvalue weighted by Gasteiger charge is 1.69. The molecule has 0 amide bonds. The molecule has 0 atom stereocenters. The molecule has 0 rings (SSSR count). The molecular weight excluding hydrogens is 78.1 g/mol. The molecule has 38 valence electrons. The third-order valence-electron chi connectivity index (χ3n) is 0.477. The average Bonchev–Trinajstić information content (AvgIpc) is 1.61. The Morgan fingerprint density at radius 2 is 2.33 bits per heavy atom. The van der Waals surface area contributed by atoms with Gasteiger partial charge in [0, 0.05) is 0 Å². The Kier molecular flexibility index (Phi) is 4.78. The Bertz CT molecular complexity index is 18.0. The van der Waals surface area contributed by atoms with Gasteiger partial charge in [-0.2, -0.15) is 0 Å². The van der Waals surface area contributed by atoms with Crippen molar-refractivity contribution in [1.82, 2.24) is 10.7 Å². The number of nitrogens with two attached hydrogens (primary N) is 1. The molecule has 0 radical (unpaired) electrons. The van der Waals surface area contributed by atoms with Gasteiger partial charge in [-0.15, -0.1) is 0 Å². The van der Waals surface area contributed by atoms with Crippen molar-refractivity contribution >= 4 is 0 Å². The Labute approximate surface area is 37.9 Å². The Morgan fingerprint density at radius 3 is 2.50 bits per heavy atom. The fourth-order valence-electron chi connectivity index (χ4n) is 0.197. The van der Waals surface area contributed by atoms with Gasteiger partial charge in [0.1, 0.15) is 0 Å². The van der Waals surface area contributed by atoms with Gasteiger partial charge in [0.05, 0.1) is 6.67 Å². The van der Waals surface area contributed by atoms with Gasteiger partial charge in [-0.3, -0.25) is 5.84 Å². The first-order valence-corrected chi connectivity index (χ1v) is 2.06. The Morgan fingerprint density at radius 1 is 1.67 bits per heavy atom. The van der Waals surface area contributed by atoms with Crippen molar-refractivity contribution in [3.63, 3.8) is 0 Å². The van der Waals surface area contributed by atoms with Crippen LogP contribution in [0.25, 0.3) is 0 Å². The van der Waals surface area contributed by atoms with Crippen LogP contribution in [0.4, 0.5) is 0 Å². The standard InChI is InChI=1S/C3H11N3/c1-2-5-3-6-4/h5-6H,2-4H2,1H3. The van der Waals surface area contributed by atoms with Crippen molar-refractivity contribution in [1.29, 1.82) is 0 Å². The monoisotopic (exact) mass is 89.1 g/mol. The molecule has 0 spiro atoms. The van der Waals surface area contributed by atoms with E-state index in [-0.39, 0.29) is 0 Å². The number of nitrogens with one attached hydrogen (secondary N) is 2. The van der Waals surface area contributed by atoms with Gasteiger partial charge in [0.15, 0.2) is 0 Å². The lowest BCUT2D eigenvalue weighted by atomic mass is 10.8. The summed E-state index contributed by atoms with van der Waals surface area (Å²) >= 11 is 0. The quantitative estimate of drug-likeness (QED) is 0.180. The van der Waals surface area contributed by atoms with Crippen LogP contribution in [0.3, 0.4) is 0 Å². The first kappa shape index (κ1) is 5.88. The van der Waals surface area contributed by atoms with Crippen molar-refractivity contribution in [3.05, 3.63) is 0 Å². The maximum atomic E-state index is 4.90. The third kappa shape index (κ3) is 3.88. The van der Waals surface area contributed by atoms with Gasteiger partial charge in [0.25, 0.3) is 0 Å². The van der Waals surface area contributed by atoms with Crippen molar-refractivity contribution in [2.75, 3.05) is 13.2 Å². The van der Waals surface area contributed by atoms with E-state index in [1.165, 1.54) is 0 Å². The van der Waals surface area contributed by atoms with Crippen LogP contribution in [-0.2, 0) is 0 Å². The summed E-state index contributed by atoms with van der Waals surface area (Å²) in [5.74, 6) is 4.90. The average molecular weight is 89.1 g/mol. The summed E-state index contributed by atoms with van der Waals surface area (Å²) in [6.45, 7) is 3.68. The maximum absolute atomic E-state index is 4.90. The van der Waals surface area contributed by atoms with Gasteiger partial charge >= 0.3 is 0 Å². The highest BCUT2D eigenvalue weighted by atomic mass is 15.3. The van der Waals surface area contributed by atoms with E-state index in [9.17, 15) is 0 Å². The molecule has 0 aliphatic rings. The predicted molar refractivity (Wildman–Crippen MR) is 25.9 cm³/mol. The summed E-state index contributed by atoms with van der Waals surface area (Å²) in [5, 5.41) is 2.96. The zero-order chi connectivity index (χ0) is 4.83. The molecule has 6 heavy (non-hydrogen) atoms. The highest BCUT2D eigenvalue weighted by molar-refractivity contribution is 4.29. The molecule has 0 aromatic carbocycles. The molecule has 0 aliphatic carbocycles. The number of hydrogen-bond acceptors (Lipinski definition) is 3. The number of rotatable bonds is 3. The van der Waals surface area contributed by atoms with E-state index in [1.54, 1.807) is 0 Å². The first-order chi connectivity index (χ1) is 2.91. The fourth-order valence-corrected chi connectivity index (χ4v) is 0.197. The summed E-state index contributed by atoms with van der Waals surface area (Å²) in [5.41, 5.74) is 2.46. The predicted octanol–water partition coefficient (Wildman–Crippen LogP) is -0.983. The summed E-state index contributed by atoms with van der Waals surface area (Å²) in [7, 11) is 0. The highest BCUT2D eigenvalue weighted by Crippen LogP contribution is 1.43. The van der Waals surface area contributed by atoms with Crippen LogP contribution in [0.1, 0.15) is 6.92 Å². The van der Waals surface area contributed by atoms with Crippen molar-refractivity contribution in [2.24, 2.45) is 5.84 Å². The van der Waals surface area contributed by atoms with Crippen molar-refractivity contribution in [2.45, 2.75) is 6.92 Å². The second-order valence-electron chi connectivity index (χ2n) is 0.984. The molecular formula is C3H11N3. The fraction of sp³-hybridized carbons (Fsp3) is 1.00. The third-order valence-corrected chi connectivity index (χ3v) is 0.477. The van der Waals surface area contributed by atoms with Crippen LogP contribution in [0, 0.1) is 0 Å². The second kappa shape index (κ2) is 4.88. The summed E-state index contributed by atoms with van der Waals surface area (Å²) in [6.07, 6.45) is 0. The van der Waals surface area contributed by atoms with E-state index in [1.807, 2.05) is 6.92 Å². The molecule has 0 aromatic heterocycles. The summed E-state index contributed by atoms with van der Waals surface area (Å²) < 4.78 is 0. The van der Waals surface area contributed by atoms with Gasteiger partial charge < -0.3 is 5.32 Å². The molecule has 4 N–H and O–H groups in total. The van der Waals surface area contributed by atoms with E-state index in [0.717, 1.165) is 6.54 Å². The van der Waals surface area contributed by atoms with Crippen LogP contribution in [-0.4, -0.2) is 13.2 Å². The number of hydrogen-bond donors (Lipinski definition) is 3. The van der Waals surface area contributed by atoms with E-state index in [0.29, 0.717) is 6.67 Å². The Hall–Kier alpha value is -0.120. The normalized spacial score (nSPS) is 9.00. The lowest BCUT2D eigenvalue weighted by Gasteiger charge is -1.94. The molecule has 0 heterocycles. The molecule has 0 saturated heterocycles. The van der Waals surface area contributed by atoms with Gasteiger partial charge in [-0.05, 0) is 6.54 Å². The Balaban J connectivity index is 2.34. The molecule has 0 bridgehead atoms. The van der Waals surface area contributed by atoms with Crippen LogP contribution < -0.4 is 16.6 Å². The SMILES string of the molecule is CCNCNN. The molecule has 0 aliphatic heterocycles. The second-order valence-corrected chi connectivity index (χ2v) is 0.984. The van der Waals surface area contributed by atoms with Crippen LogP contribution in [0.5, 0.6) is 0 Å². The van der Waals surface area contributed by atoms with Crippen LogP contribution in [0.2, 0.25) is 0 Å². The van der Waals surface area contributed by atoms with E-state index >= 15 is 0 Å². The van der Waals surface area contributed by atoms with Gasteiger partial charge in [-0.25, -0.2) is 5.43 Å². The summed E-state index contributed by atoms with van der Waals surface area (Å²) in [4.78, 5) is 0. The summed E-state index contributed by atoms with van der Waals surface area (Å²) in [6, 6.07) is 0. The number of hydrazine groups is 1. The van der Waals surface area contributed by atoms with Crippen molar-refractivity contribution in [3.8, 4) is 0 Å². The lowest BCUT2D eigenvalue weighted by molar-refractivity contribution is 0.620. The van der Waals surface area contributed by atoms with E-state index in [2.05, 4.69) is 10.7 Å². The zero-order valence-electron chi connectivity index (χ0n) is 3.99. The van der Waals surface area contributed by atoms with E-state index < -0.39 is 0 Å². The topological polar surface area (TPSA) is 50.1 Å². The van der Waals surface area contributed by atoms with Crippen LogP contribution >= 0.6 is 0 Å². The van der Waals surface area contributed by atoms with Crippen LogP contribution in [0.15, 0.2) is 0 Å². The van der Waals surface area contributed by atoms with Crippen molar-refractivity contribution < 1.29 is 0 Å². The molecule has 0 saturated carbocycles. The zero-order valence-corrected chi connectivity index (χ0v) is 3.99. The minimum atomic E-state index is 0.691. The molecule has 0 aromatic rings. The molecule has 0 fully saturated rings. The van der Waals surface area contributed by atoms with E-state index in [4.69, 9.17) is 5.84 Å². The molecule has 0 unspecified atom stereocenters. The molecule has 3 nitrogen and oxygen atoms in total. The minimum Gasteiger partial charge on any atom is -0.304 e. The smallest absolute Gasteiger partial charge is 0.0587 e. The first-order valence-electron chi connectivity index (χ1n) is 2.06. The lowest BCUT2D eigenvalue weighted by Crippen LogP contribution is -2.33.